The van der Waals surface area contributed by atoms with E-state index in [1.807, 2.05) is 30.3 Å². The zero-order valence-corrected chi connectivity index (χ0v) is 21.7. The summed E-state index contributed by atoms with van der Waals surface area (Å²) in [5, 5.41) is 18.5. The molecule has 10 heteroatoms. The van der Waals surface area contributed by atoms with Gasteiger partial charge < -0.3 is 31.8 Å². The number of carbonyl (C=O) groups is 1. The maximum atomic E-state index is 10.4. The number of carboxylic acid groups (broad SMARTS) is 1. The van der Waals surface area contributed by atoms with Crippen LogP contribution in [0.1, 0.15) is 21.5 Å². The number of nitrogens with two attached hydrogens (primary N) is 3. The van der Waals surface area contributed by atoms with Gasteiger partial charge in [-0.3, -0.25) is 0 Å². The van der Waals surface area contributed by atoms with E-state index in [0.29, 0.717) is 45.9 Å². The summed E-state index contributed by atoms with van der Waals surface area (Å²) in [6.07, 6.45) is 0. The van der Waals surface area contributed by atoms with Gasteiger partial charge in [-0.15, -0.1) is 0 Å². The number of aromatic nitrogens is 1. The first-order valence-corrected chi connectivity index (χ1v) is 12.1. The van der Waals surface area contributed by atoms with Crippen LogP contribution < -0.4 is 17.2 Å². The lowest BCUT2D eigenvalue weighted by molar-refractivity contribution is 0.0697. The molecule has 1 heterocycles. The molecule has 0 saturated carbocycles. The summed E-state index contributed by atoms with van der Waals surface area (Å²) in [6, 6.07) is 24.3. The van der Waals surface area contributed by atoms with Crippen LogP contribution in [0.25, 0.3) is 22.6 Å². The minimum Gasteiger partial charge on any atom is -0.506 e. The predicted molar refractivity (Wildman–Crippen MR) is 151 cm³/mol. The summed E-state index contributed by atoms with van der Waals surface area (Å²) in [6.45, 7) is 0.976. The van der Waals surface area contributed by atoms with Gasteiger partial charge in [0.15, 0.2) is 5.58 Å². The monoisotopic (exact) mass is 552 g/mol. The van der Waals surface area contributed by atoms with E-state index in [1.54, 1.807) is 48.5 Å². The quantitative estimate of drug-likeness (QED) is 0.132. The van der Waals surface area contributed by atoms with E-state index < -0.39 is 5.97 Å². The summed E-state index contributed by atoms with van der Waals surface area (Å²) < 4.78 is 5.68. The average Bonchev–Trinajstić information content (AvgIpc) is 3.35. The Morgan fingerprint density at radius 3 is 1.89 bits per heavy atom. The van der Waals surface area contributed by atoms with E-state index in [9.17, 15) is 4.79 Å². The molecule has 0 aliphatic carbocycles. The fourth-order valence-electron chi connectivity index (χ4n) is 3.11. The second-order valence-corrected chi connectivity index (χ2v) is 8.81. The van der Waals surface area contributed by atoms with Gasteiger partial charge in [0.05, 0.1) is 11.3 Å². The normalized spacial score (nSPS) is 10.2. The molecular formula is C28H26Cl2N4O4. The smallest absolute Gasteiger partial charge is 0.335 e. The van der Waals surface area contributed by atoms with Crippen molar-refractivity contribution in [3.05, 3.63) is 112 Å². The van der Waals surface area contributed by atoms with Gasteiger partial charge in [0.2, 0.25) is 5.89 Å². The molecular weight excluding hydrogens is 527 g/mol. The molecule has 4 aromatic carbocycles. The van der Waals surface area contributed by atoms with Gasteiger partial charge in [0.1, 0.15) is 11.3 Å². The van der Waals surface area contributed by atoms with E-state index >= 15 is 0 Å². The molecule has 0 amide bonds. The highest BCUT2D eigenvalue weighted by molar-refractivity contribution is 6.31. The molecule has 0 unspecified atom stereocenters. The number of hydrogen-bond donors (Lipinski definition) is 5. The molecule has 5 rings (SSSR count). The fraction of sp³-hybridized carbons (Fsp3) is 0.0714. The highest BCUT2D eigenvalue weighted by Crippen LogP contribution is 2.26. The van der Waals surface area contributed by atoms with Crippen LogP contribution in [-0.2, 0) is 13.1 Å². The van der Waals surface area contributed by atoms with Gasteiger partial charge in [-0.25, -0.2) is 9.78 Å². The maximum Gasteiger partial charge on any atom is 0.335 e. The van der Waals surface area contributed by atoms with Crippen LogP contribution in [0, 0.1) is 0 Å². The van der Waals surface area contributed by atoms with Crippen molar-refractivity contribution in [1.82, 2.24) is 4.98 Å². The third-order valence-electron chi connectivity index (χ3n) is 5.22. The molecule has 0 saturated heterocycles. The van der Waals surface area contributed by atoms with E-state index in [2.05, 4.69) is 4.98 Å². The Labute approximate surface area is 229 Å². The van der Waals surface area contributed by atoms with Crippen LogP contribution in [0.2, 0.25) is 10.0 Å². The molecule has 8 nitrogen and oxygen atoms in total. The largest absolute Gasteiger partial charge is 0.506 e. The van der Waals surface area contributed by atoms with Gasteiger partial charge in [-0.05, 0) is 59.7 Å². The molecule has 0 spiro atoms. The second-order valence-electron chi connectivity index (χ2n) is 7.94. The number of halogens is 2. The van der Waals surface area contributed by atoms with E-state index in [0.717, 1.165) is 22.2 Å². The molecule has 0 aliphatic rings. The predicted octanol–water partition coefficient (Wildman–Crippen LogP) is 6.08. The Bertz CT molecular complexity index is 1500. The number of nitrogen functional groups attached to an aromatic ring is 1. The van der Waals surface area contributed by atoms with Crippen molar-refractivity contribution in [2.45, 2.75) is 13.1 Å². The molecule has 0 bridgehead atoms. The second kappa shape index (κ2) is 13.5. The van der Waals surface area contributed by atoms with Crippen molar-refractivity contribution < 1.29 is 19.4 Å². The zero-order chi connectivity index (χ0) is 27.7. The molecule has 0 radical (unpaired) electrons. The van der Waals surface area contributed by atoms with Crippen LogP contribution in [0.4, 0.5) is 5.69 Å². The third-order valence-corrected chi connectivity index (χ3v) is 5.69. The minimum atomic E-state index is -0.909. The lowest BCUT2D eigenvalue weighted by Crippen LogP contribution is -1.99. The maximum absolute atomic E-state index is 10.4. The number of aromatic hydroxyl groups is 1. The summed E-state index contributed by atoms with van der Waals surface area (Å²) in [5.41, 5.74) is 21.3. The van der Waals surface area contributed by atoms with Crippen molar-refractivity contribution in [1.29, 1.82) is 0 Å². The Balaban J connectivity index is 0.000000172. The van der Waals surface area contributed by atoms with Crippen molar-refractivity contribution in [2.24, 2.45) is 11.5 Å². The van der Waals surface area contributed by atoms with Gasteiger partial charge >= 0.3 is 5.97 Å². The van der Waals surface area contributed by atoms with Crippen LogP contribution in [-0.4, -0.2) is 21.2 Å². The summed E-state index contributed by atoms with van der Waals surface area (Å²) in [5.74, 6) is -0.285. The summed E-state index contributed by atoms with van der Waals surface area (Å²) in [7, 11) is 0. The number of fused-ring (bicyclic) bond motifs is 1. The number of aromatic carboxylic acids is 1. The van der Waals surface area contributed by atoms with E-state index in [-0.39, 0.29) is 5.75 Å². The Hall–Kier alpha value is -4.08. The number of rotatable bonds is 4. The van der Waals surface area contributed by atoms with Crippen LogP contribution in [0.3, 0.4) is 0 Å². The van der Waals surface area contributed by atoms with Crippen molar-refractivity contribution in [3.63, 3.8) is 0 Å². The van der Waals surface area contributed by atoms with Crippen molar-refractivity contribution in [2.75, 3.05) is 5.73 Å². The number of hydrogen-bond acceptors (Lipinski definition) is 7. The third kappa shape index (κ3) is 7.96. The summed E-state index contributed by atoms with van der Waals surface area (Å²) >= 11 is 11.4. The minimum absolute atomic E-state index is 0.0301. The molecule has 5 aromatic rings. The van der Waals surface area contributed by atoms with Gasteiger partial charge in [-0.2, -0.15) is 0 Å². The molecule has 0 aliphatic heterocycles. The highest BCUT2D eigenvalue weighted by atomic mass is 35.5. The first-order chi connectivity index (χ1) is 18.2. The number of benzene rings is 4. The Morgan fingerprint density at radius 1 is 0.816 bits per heavy atom. The molecule has 0 fully saturated rings. The first kappa shape index (κ1) is 28.5. The van der Waals surface area contributed by atoms with Gasteiger partial charge in [0, 0.05) is 40.8 Å². The van der Waals surface area contributed by atoms with E-state index in [4.69, 9.17) is 55.0 Å². The lowest BCUT2D eigenvalue weighted by atomic mass is 10.1. The van der Waals surface area contributed by atoms with Gasteiger partial charge in [-0.1, -0.05) is 47.5 Å². The number of oxazole rings is 1. The van der Waals surface area contributed by atoms with Gasteiger partial charge in [0.25, 0.3) is 0 Å². The average molecular weight is 553 g/mol. The zero-order valence-electron chi connectivity index (χ0n) is 20.1. The number of carboxylic acids is 1. The van der Waals surface area contributed by atoms with Crippen LogP contribution in [0.5, 0.6) is 5.75 Å². The molecule has 1 aromatic heterocycles. The number of nitrogens with zero attached hydrogens (tertiary/aromatic N) is 1. The molecule has 38 heavy (non-hydrogen) atoms. The molecule has 196 valence electrons. The van der Waals surface area contributed by atoms with Crippen molar-refractivity contribution in [3.8, 4) is 17.2 Å². The Kier molecular flexibility index (Phi) is 10.1. The number of phenols is 1. The SMILES string of the molecule is NCc1ccc(-c2nc3ccc(Cl)cc3o2)cc1.NCc1ccc(C(=O)O)cc1.Nc1ccc(Cl)cc1O. The molecule has 8 N–H and O–H groups in total. The highest BCUT2D eigenvalue weighted by Gasteiger charge is 2.08. The van der Waals surface area contributed by atoms with Crippen LogP contribution >= 0.6 is 23.2 Å². The van der Waals surface area contributed by atoms with Crippen molar-refractivity contribution >= 4 is 46.0 Å². The number of phenolic OH excluding ortho intramolecular Hbond substituents is 1. The Morgan fingerprint density at radius 2 is 1.37 bits per heavy atom. The fourth-order valence-corrected chi connectivity index (χ4v) is 3.43. The number of anilines is 1. The summed E-state index contributed by atoms with van der Waals surface area (Å²) in [4.78, 5) is 14.8. The van der Waals surface area contributed by atoms with Crippen LogP contribution in [0.15, 0.2) is 89.3 Å². The first-order valence-electron chi connectivity index (χ1n) is 11.3. The molecule has 0 atom stereocenters. The topological polar surface area (TPSA) is 162 Å². The van der Waals surface area contributed by atoms with E-state index in [1.165, 1.54) is 6.07 Å². The standard InChI is InChI=1S/C14H11ClN2O.C8H9NO2.C6H6ClNO/c15-11-5-6-12-13(7-11)18-14(17-12)10-3-1-9(8-16)2-4-10;9-5-6-1-3-7(4-2-6)8(10)11;7-4-1-2-5(8)6(9)3-4/h1-7H,8,16H2;1-4H,5,9H2,(H,10,11);1-3,9H,8H2. The lowest BCUT2D eigenvalue weighted by Gasteiger charge is -1.97.